The van der Waals surface area contributed by atoms with E-state index in [1.807, 2.05) is 0 Å². The molecule has 0 bridgehead atoms. The van der Waals surface area contributed by atoms with Crippen molar-refractivity contribution in [1.82, 2.24) is 28.9 Å². The van der Waals surface area contributed by atoms with Crippen LogP contribution >= 0.6 is 0 Å². The minimum absolute atomic E-state index is 0.0156. The Bertz CT molecular complexity index is 1710. The molecule has 0 aliphatic carbocycles. The summed E-state index contributed by atoms with van der Waals surface area (Å²) >= 11 is 0. The molecule has 8 atom stereocenters. The Morgan fingerprint density at radius 3 is 1.60 bits per heavy atom. The van der Waals surface area contributed by atoms with Gasteiger partial charge in [-0.1, -0.05) is 20.8 Å². The molecule has 2 aromatic heterocycles. The predicted molar refractivity (Wildman–Crippen MR) is 195 cm³/mol. The average molecular weight is 769 g/mol. The Morgan fingerprint density at radius 2 is 1.17 bits per heavy atom. The molecule has 4 saturated heterocycles. The zero-order valence-corrected chi connectivity index (χ0v) is 32.7. The number of morpholine rings is 2. The third-order valence-electron chi connectivity index (χ3n) is 10.7. The summed E-state index contributed by atoms with van der Waals surface area (Å²) in [5.74, 6) is 0. The number of aromatic nitrogens is 4. The maximum absolute atomic E-state index is 12.4. The minimum Gasteiger partial charge on any atom is -0.408 e. The van der Waals surface area contributed by atoms with Crippen molar-refractivity contribution in [2.75, 3.05) is 79.9 Å². The second kappa shape index (κ2) is 17.8. The summed E-state index contributed by atoms with van der Waals surface area (Å²) in [5, 5.41) is 10.5. The smallest absolute Gasteiger partial charge is 0.330 e. The molecule has 0 amide bonds. The molecular weight excluding hydrogens is 712 g/mol. The van der Waals surface area contributed by atoms with Crippen LogP contribution in [0.1, 0.15) is 33.2 Å². The first kappa shape index (κ1) is 41.3. The number of hydrogen-bond donors (Lipinski definition) is 3. The number of hydrogen-bond acceptors (Lipinski definition) is 14. The van der Waals surface area contributed by atoms with Crippen LogP contribution in [0, 0.1) is 0 Å². The summed E-state index contributed by atoms with van der Waals surface area (Å²) in [4.78, 5) is 56.0. The first-order chi connectivity index (χ1) is 25.1. The summed E-state index contributed by atoms with van der Waals surface area (Å²) in [6.45, 7) is 18.0. The Kier molecular flexibility index (Phi) is 13.9. The van der Waals surface area contributed by atoms with Gasteiger partial charge in [0, 0.05) is 78.0 Å². The van der Waals surface area contributed by atoms with E-state index in [2.05, 4.69) is 53.6 Å². The lowest BCUT2D eigenvalue weighted by Crippen LogP contribution is -2.52. The van der Waals surface area contributed by atoms with Crippen molar-refractivity contribution >= 4 is 8.32 Å². The van der Waals surface area contributed by atoms with Gasteiger partial charge in [0.2, 0.25) is 0 Å². The van der Waals surface area contributed by atoms with Crippen LogP contribution in [0.15, 0.2) is 43.7 Å². The number of aromatic amines is 2. The van der Waals surface area contributed by atoms with E-state index in [1.54, 1.807) is 7.11 Å². The van der Waals surface area contributed by atoms with Gasteiger partial charge >= 0.3 is 11.4 Å². The van der Waals surface area contributed by atoms with Crippen molar-refractivity contribution in [3.63, 3.8) is 0 Å². The molecule has 0 saturated carbocycles. The quantitative estimate of drug-likeness (QED) is 0.257. The van der Waals surface area contributed by atoms with Crippen LogP contribution in [0.2, 0.25) is 18.1 Å². The fraction of sp³-hybridized carbons (Fsp3) is 0.765. The number of H-pyrrole nitrogens is 2. The molecule has 298 valence electrons. The van der Waals surface area contributed by atoms with Crippen molar-refractivity contribution in [3.05, 3.63) is 66.2 Å². The van der Waals surface area contributed by atoms with E-state index in [9.17, 15) is 24.3 Å². The highest BCUT2D eigenvalue weighted by Crippen LogP contribution is 2.42. The Hall–Kier alpha value is -2.82. The van der Waals surface area contributed by atoms with Gasteiger partial charge in [-0.2, -0.15) is 0 Å². The van der Waals surface area contributed by atoms with Gasteiger partial charge in [-0.05, 0) is 18.1 Å². The SMILES string of the molecule is CO[C@H]1C(O)[C@@H](CN2CCOCC2)O[C@H]1n1ccc(=O)[nH]c1=O.CO[C@H]1C(O[Si](C)(C)C(C)(C)C)[C@@H](CN2CCOCC2)O[C@H]1n1ccc(=O)[nH]c1=O. The summed E-state index contributed by atoms with van der Waals surface area (Å²) in [6.07, 6.45) is -1.79. The molecule has 6 rings (SSSR count). The molecule has 4 fully saturated rings. The van der Waals surface area contributed by atoms with E-state index in [0.29, 0.717) is 39.5 Å². The Morgan fingerprint density at radius 1 is 0.736 bits per heavy atom. The molecule has 0 aromatic carbocycles. The fourth-order valence-corrected chi connectivity index (χ4v) is 7.99. The van der Waals surface area contributed by atoms with Crippen molar-refractivity contribution in [2.45, 2.75) is 88.0 Å². The normalized spacial score (nSPS) is 30.3. The predicted octanol–water partition coefficient (Wildman–Crippen LogP) is -0.686. The molecule has 3 N–H and O–H groups in total. The molecule has 4 aliphatic rings. The van der Waals surface area contributed by atoms with Crippen LogP contribution in [-0.4, -0.2) is 159 Å². The van der Waals surface area contributed by atoms with Crippen LogP contribution in [0.25, 0.3) is 0 Å². The van der Waals surface area contributed by atoms with Gasteiger partial charge in [0.1, 0.15) is 36.6 Å². The van der Waals surface area contributed by atoms with Crippen molar-refractivity contribution in [3.8, 4) is 0 Å². The molecule has 18 nitrogen and oxygen atoms in total. The van der Waals surface area contributed by atoms with E-state index in [4.69, 9.17) is 32.8 Å². The third kappa shape index (κ3) is 9.89. The monoisotopic (exact) mass is 768 g/mol. The lowest BCUT2D eigenvalue weighted by Gasteiger charge is -2.41. The van der Waals surface area contributed by atoms with E-state index >= 15 is 0 Å². The van der Waals surface area contributed by atoms with Gasteiger partial charge < -0.3 is 38.0 Å². The second-order valence-corrected chi connectivity index (χ2v) is 20.0. The number of aliphatic hydroxyl groups is 1. The van der Waals surface area contributed by atoms with Crippen molar-refractivity contribution in [1.29, 1.82) is 0 Å². The van der Waals surface area contributed by atoms with Crippen LogP contribution < -0.4 is 22.5 Å². The van der Waals surface area contributed by atoms with Crippen molar-refractivity contribution < 1.29 is 38.0 Å². The van der Waals surface area contributed by atoms with Crippen molar-refractivity contribution in [2.24, 2.45) is 0 Å². The highest BCUT2D eigenvalue weighted by Gasteiger charge is 2.52. The summed E-state index contributed by atoms with van der Waals surface area (Å²) < 4.78 is 43.6. The highest BCUT2D eigenvalue weighted by atomic mass is 28.4. The minimum atomic E-state index is -2.14. The molecule has 0 radical (unpaired) electrons. The van der Waals surface area contributed by atoms with Crippen LogP contribution in [0.5, 0.6) is 0 Å². The molecule has 6 heterocycles. The van der Waals surface area contributed by atoms with Gasteiger partial charge in [-0.15, -0.1) is 0 Å². The lowest BCUT2D eigenvalue weighted by molar-refractivity contribution is -0.0642. The van der Waals surface area contributed by atoms with Gasteiger partial charge in [0.15, 0.2) is 20.8 Å². The van der Waals surface area contributed by atoms with Crippen LogP contribution in [-0.2, 0) is 32.8 Å². The number of aliphatic hydroxyl groups excluding tert-OH is 1. The van der Waals surface area contributed by atoms with Gasteiger partial charge in [0.25, 0.3) is 11.1 Å². The first-order valence-corrected chi connectivity index (χ1v) is 21.0. The van der Waals surface area contributed by atoms with E-state index < -0.39 is 67.7 Å². The Balaban J connectivity index is 0.000000211. The molecule has 2 unspecified atom stereocenters. The first-order valence-electron chi connectivity index (χ1n) is 18.1. The zero-order chi connectivity index (χ0) is 38.5. The maximum Gasteiger partial charge on any atom is 0.330 e. The van der Waals surface area contributed by atoms with E-state index in [1.165, 1.54) is 40.8 Å². The van der Waals surface area contributed by atoms with Crippen LogP contribution in [0.4, 0.5) is 0 Å². The third-order valence-corrected chi connectivity index (χ3v) is 15.2. The largest absolute Gasteiger partial charge is 0.408 e. The zero-order valence-electron chi connectivity index (χ0n) is 31.7. The number of rotatable bonds is 10. The van der Waals surface area contributed by atoms with E-state index in [-0.39, 0.29) is 17.2 Å². The standard InChI is InChI=1S/C20H35N3O6Si.C14H21N3O6/c1-20(2,3)30(5,6)29-16-14(13-22-9-11-27-12-10-22)28-18(17(16)26-4)23-8-7-15(24)21-19(23)25;1-21-12-11(19)9(8-16-4-6-22-7-5-16)23-13(12)17-3-2-10(18)15-14(17)20/h7-8,14,16-18H,9-13H2,1-6H3,(H,21,24,25);2-3,9,11-13,19H,4-8H2,1H3,(H,15,18,20)/t14-,16?,17+,18-;9-,11?,12+,13-/m11/s1. The topological polar surface area (TPSA) is 201 Å². The number of ether oxygens (including phenoxy) is 6. The molecule has 4 aliphatic heterocycles. The highest BCUT2D eigenvalue weighted by molar-refractivity contribution is 6.74. The van der Waals surface area contributed by atoms with Gasteiger partial charge in [-0.25, -0.2) is 9.59 Å². The summed E-state index contributed by atoms with van der Waals surface area (Å²) in [5.41, 5.74) is -2.04. The molecule has 0 spiro atoms. The van der Waals surface area contributed by atoms with E-state index in [0.717, 1.165) is 26.2 Å². The molecular formula is C34H56N6O12Si. The molecule has 53 heavy (non-hydrogen) atoms. The number of methoxy groups -OCH3 is 2. The maximum atomic E-state index is 12.4. The van der Waals surface area contributed by atoms with Gasteiger partial charge in [0.05, 0.1) is 26.4 Å². The fourth-order valence-electron chi connectivity index (χ4n) is 6.67. The van der Waals surface area contributed by atoms with Crippen LogP contribution in [0.3, 0.4) is 0 Å². The molecule has 2 aromatic rings. The number of nitrogens with one attached hydrogen (secondary N) is 2. The molecule has 19 heteroatoms. The van der Waals surface area contributed by atoms with Gasteiger partial charge in [-0.3, -0.25) is 38.5 Å². The average Bonchev–Trinajstić information content (AvgIpc) is 3.60. The lowest BCUT2D eigenvalue weighted by atomic mass is 10.1. The summed E-state index contributed by atoms with van der Waals surface area (Å²) in [7, 11) is 0.927. The number of nitrogens with zero attached hydrogens (tertiary/aromatic N) is 4. The summed E-state index contributed by atoms with van der Waals surface area (Å²) in [6, 6.07) is 2.55. The second-order valence-electron chi connectivity index (χ2n) is 15.2. The Labute approximate surface area is 309 Å².